The molecule has 3 heteroatoms. The molecule has 0 radical (unpaired) electrons. The first-order valence-electron chi connectivity index (χ1n) is 10.5. The van der Waals surface area contributed by atoms with Gasteiger partial charge < -0.3 is 4.90 Å². The molecule has 0 aromatic heterocycles. The highest BCUT2D eigenvalue weighted by Gasteiger charge is 2.23. The van der Waals surface area contributed by atoms with Gasteiger partial charge in [0.2, 0.25) is 0 Å². The van der Waals surface area contributed by atoms with Crippen molar-refractivity contribution in [2.75, 3.05) is 32.7 Å². The Kier molecular flexibility index (Phi) is 6.38. The van der Waals surface area contributed by atoms with E-state index in [2.05, 4.69) is 65.6 Å². The Bertz CT molecular complexity index is 848. The lowest BCUT2D eigenvalue weighted by molar-refractivity contribution is 0.0634. The van der Waals surface area contributed by atoms with E-state index in [0.717, 1.165) is 44.7 Å². The summed E-state index contributed by atoms with van der Waals surface area (Å²) in [4.78, 5) is 17.1. The SMILES string of the molecule is O=C(c1ccccc1)N1CCN(CCC(c2ccccc2)c2ccccc2)CC1. The summed E-state index contributed by atoms with van der Waals surface area (Å²) in [5.74, 6) is 0.554. The van der Waals surface area contributed by atoms with Crippen LogP contribution in [0.1, 0.15) is 33.8 Å². The highest BCUT2D eigenvalue weighted by atomic mass is 16.2. The Hall–Kier alpha value is -2.91. The lowest BCUT2D eigenvalue weighted by atomic mass is 9.88. The molecule has 0 atom stereocenters. The van der Waals surface area contributed by atoms with E-state index in [1.165, 1.54) is 11.1 Å². The average molecular weight is 385 g/mol. The Morgan fingerprint density at radius 2 is 1.17 bits per heavy atom. The summed E-state index contributed by atoms with van der Waals surface area (Å²) in [5, 5.41) is 0. The second-order valence-electron chi connectivity index (χ2n) is 7.66. The lowest BCUT2D eigenvalue weighted by Crippen LogP contribution is -2.49. The molecule has 1 aliphatic rings. The maximum Gasteiger partial charge on any atom is 0.253 e. The molecule has 1 amide bonds. The monoisotopic (exact) mass is 384 g/mol. The fourth-order valence-corrected chi connectivity index (χ4v) is 4.15. The molecule has 0 N–H and O–H groups in total. The predicted molar refractivity (Wildman–Crippen MR) is 118 cm³/mol. The zero-order valence-electron chi connectivity index (χ0n) is 16.8. The molecule has 0 unspecified atom stereocenters. The van der Waals surface area contributed by atoms with E-state index in [1.807, 2.05) is 35.2 Å². The zero-order valence-corrected chi connectivity index (χ0v) is 16.8. The zero-order chi connectivity index (χ0) is 19.9. The van der Waals surface area contributed by atoms with Crippen molar-refractivity contribution in [1.82, 2.24) is 9.80 Å². The minimum Gasteiger partial charge on any atom is -0.336 e. The van der Waals surface area contributed by atoms with E-state index in [0.29, 0.717) is 5.92 Å². The van der Waals surface area contributed by atoms with E-state index >= 15 is 0 Å². The maximum atomic E-state index is 12.6. The van der Waals surface area contributed by atoms with Gasteiger partial charge in [-0.2, -0.15) is 0 Å². The molecule has 3 aromatic rings. The van der Waals surface area contributed by atoms with Gasteiger partial charge in [-0.25, -0.2) is 0 Å². The number of nitrogens with zero attached hydrogens (tertiary/aromatic N) is 2. The van der Waals surface area contributed by atoms with Crippen LogP contribution in [0, 0.1) is 0 Å². The van der Waals surface area contributed by atoms with E-state index in [-0.39, 0.29) is 5.91 Å². The van der Waals surface area contributed by atoms with Gasteiger partial charge in [0.15, 0.2) is 0 Å². The summed E-state index contributed by atoms with van der Waals surface area (Å²) < 4.78 is 0. The molecule has 3 aromatic carbocycles. The number of carbonyl (C=O) groups is 1. The molecule has 0 bridgehead atoms. The third-order valence-electron chi connectivity index (χ3n) is 5.82. The average Bonchev–Trinajstić information content (AvgIpc) is 2.81. The van der Waals surface area contributed by atoms with E-state index in [9.17, 15) is 4.79 Å². The minimum absolute atomic E-state index is 0.150. The van der Waals surface area contributed by atoms with Crippen LogP contribution < -0.4 is 0 Å². The van der Waals surface area contributed by atoms with Gasteiger partial charge in [0, 0.05) is 37.7 Å². The van der Waals surface area contributed by atoms with E-state index in [1.54, 1.807) is 0 Å². The number of benzene rings is 3. The van der Waals surface area contributed by atoms with Gasteiger partial charge in [0.25, 0.3) is 5.91 Å². The molecule has 1 fully saturated rings. The van der Waals surface area contributed by atoms with Crippen molar-refractivity contribution in [2.45, 2.75) is 12.3 Å². The van der Waals surface area contributed by atoms with Crippen LogP contribution in [0.15, 0.2) is 91.0 Å². The van der Waals surface area contributed by atoms with Gasteiger partial charge in [-0.3, -0.25) is 9.69 Å². The number of hydrogen-bond acceptors (Lipinski definition) is 2. The Labute approximate surface area is 173 Å². The predicted octanol–water partition coefficient (Wildman–Crippen LogP) is 4.67. The Morgan fingerprint density at radius 3 is 1.69 bits per heavy atom. The van der Waals surface area contributed by atoms with Gasteiger partial charge >= 0.3 is 0 Å². The summed E-state index contributed by atoms with van der Waals surface area (Å²) in [5.41, 5.74) is 3.53. The fraction of sp³-hybridized carbons (Fsp3) is 0.269. The summed E-state index contributed by atoms with van der Waals surface area (Å²) in [7, 11) is 0. The number of amides is 1. The minimum atomic E-state index is 0.150. The van der Waals surface area contributed by atoms with Crippen molar-refractivity contribution in [3.05, 3.63) is 108 Å². The first-order chi connectivity index (χ1) is 14.3. The molecule has 4 rings (SSSR count). The first kappa shape index (κ1) is 19.4. The molecule has 1 aliphatic heterocycles. The Morgan fingerprint density at radius 1 is 0.690 bits per heavy atom. The molecule has 1 heterocycles. The van der Waals surface area contributed by atoms with Gasteiger partial charge in [0.05, 0.1) is 0 Å². The van der Waals surface area contributed by atoms with Crippen LogP contribution in [0.4, 0.5) is 0 Å². The molecular weight excluding hydrogens is 356 g/mol. The van der Waals surface area contributed by atoms with Crippen molar-refractivity contribution in [3.63, 3.8) is 0 Å². The Balaban J connectivity index is 1.35. The van der Waals surface area contributed by atoms with Crippen molar-refractivity contribution in [3.8, 4) is 0 Å². The molecule has 29 heavy (non-hydrogen) atoms. The van der Waals surface area contributed by atoms with Crippen LogP contribution >= 0.6 is 0 Å². The van der Waals surface area contributed by atoms with Crippen LogP contribution in [0.3, 0.4) is 0 Å². The lowest BCUT2D eigenvalue weighted by Gasteiger charge is -2.35. The van der Waals surface area contributed by atoms with Crippen LogP contribution in [0.5, 0.6) is 0 Å². The highest BCUT2D eigenvalue weighted by Crippen LogP contribution is 2.28. The second kappa shape index (κ2) is 9.53. The number of hydrogen-bond donors (Lipinski definition) is 0. The van der Waals surface area contributed by atoms with Gasteiger partial charge in [-0.05, 0) is 36.2 Å². The topological polar surface area (TPSA) is 23.6 Å². The quantitative estimate of drug-likeness (QED) is 0.617. The third kappa shape index (κ3) is 4.93. The summed E-state index contributed by atoms with van der Waals surface area (Å²) >= 11 is 0. The van der Waals surface area contributed by atoms with E-state index in [4.69, 9.17) is 0 Å². The molecule has 1 saturated heterocycles. The molecule has 0 saturated carbocycles. The second-order valence-corrected chi connectivity index (χ2v) is 7.66. The van der Waals surface area contributed by atoms with Crippen molar-refractivity contribution in [1.29, 1.82) is 0 Å². The molecule has 148 valence electrons. The first-order valence-corrected chi connectivity index (χ1v) is 10.5. The molecule has 3 nitrogen and oxygen atoms in total. The van der Waals surface area contributed by atoms with Crippen molar-refractivity contribution in [2.24, 2.45) is 0 Å². The van der Waals surface area contributed by atoms with Crippen LogP contribution in [-0.4, -0.2) is 48.4 Å². The van der Waals surface area contributed by atoms with Gasteiger partial charge in [-0.1, -0.05) is 78.9 Å². The third-order valence-corrected chi connectivity index (χ3v) is 5.82. The van der Waals surface area contributed by atoms with Gasteiger partial charge in [-0.15, -0.1) is 0 Å². The standard InChI is InChI=1S/C26H28N2O/c29-26(24-14-8-3-9-15-24)28-20-18-27(19-21-28)17-16-25(22-10-4-1-5-11-22)23-12-6-2-7-13-23/h1-15,25H,16-21H2. The summed E-state index contributed by atoms with van der Waals surface area (Å²) in [6.45, 7) is 4.52. The smallest absolute Gasteiger partial charge is 0.253 e. The van der Waals surface area contributed by atoms with Crippen LogP contribution in [0.2, 0.25) is 0 Å². The normalized spacial score (nSPS) is 14.9. The largest absolute Gasteiger partial charge is 0.336 e. The maximum absolute atomic E-state index is 12.6. The number of rotatable bonds is 6. The van der Waals surface area contributed by atoms with Crippen LogP contribution in [-0.2, 0) is 0 Å². The van der Waals surface area contributed by atoms with E-state index < -0.39 is 0 Å². The molecular formula is C26H28N2O. The number of piperazine rings is 1. The van der Waals surface area contributed by atoms with Crippen molar-refractivity contribution >= 4 is 5.91 Å². The summed E-state index contributed by atoms with van der Waals surface area (Å²) in [6.07, 6.45) is 1.08. The summed E-state index contributed by atoms with van der Waals surface area (Å²) in [6, 6.07) is 31.2. The highest BCUT2D eigenvalue weighted by molar-refractivity contribution is 5.94. The fourth-order valence-electron chi connectivity index (χ4n) is 4.15. The molecule has 0 aliphatic carbocycles. The van der Waals surface area contributed by atoms with Gasteiger partial charge in [0.1, 0.15) is 0 Å². The van der Waals surface area contributed by atoms with Crippen molar-refractivity contribution < 1.29 is 4.79 Å². The molecule has 0 spiro atoms. The number of carbonyl (C=O) groups excluding carboxylic acids is 1. The van der Waals surface area contributed by atoms with Crippen LogP contribution in [0.25, 0.3) is 0 Å².